The standard InChI is InChI=1S/C31H34N4O4/c1-3-25-19-31(20-26(4-2)32(25)21-23-11-7-5-8-12-23)29(36)33(22-24-15-17-28(18-16-24)35(38)39)30(37)34(31)27-13-9-6-10-14-27/h5-18,25-26H,3-4,19-22H2,1-2H3/t25-,26+,31?. The van der Waals surface area contributed by atoms with Gasteiger partial charge in [0, 0.05) is 36.4 Å². The number of benzene rings is 3. The van der Waals surface area contributed by atoms with Crippen LogP contribution < -0.4 is 4.90 Å². The summed E-state index contributed by atoms with van der Waals surface area (Å²) >= 11 is 0. The van der Waals surface area contributed by atoms with E-state index in [0.29, 0.717) is 24.1 Å². The lowest BCUT2D eigenvalue weighted by Gasteiger charge is -2.51. The van der Waals surface area contributed by atoms with Gasteiger partial charge in [0.15, 0.2) is 0 Å². The molecule has 2 fully saturated rings. The first kappa shape index (κ1) is 26.6. The predicted octanol–water partition coefficient (Wildman–Crippen LogP) is 6.16. The Morgan fingerprint density at radius 1 is 0.795 bits per heavy atom. The number of carbonyl (C=O) groups excluding carboxylic acids is 2. The molecular formula is C31H34N4O4. The second-order valence-corrected chi connectivity index (χ2v) is 10.5. The van der Waals surface area contributed by atoms with Crippen LogP contribution in [0.2, 0.25) is 0 Å². The third-order valence-corrected chi connectivity index (χ3v) is 8.23. The largest absolute Gasteiger partial charge is 0.332 e. The highest BCUT2D eigenvalue weighted by atomic mass is 16.6. The number of hydrogen-bond acceptors (Lipinski definition) is 5. The van der Waals surface area contributed by atoms with Crippen LogP contribution in [0.15, 0.2) is 84.9 Å². The monoisotopic (exact) mass is 526 g/mol. The molecule has 0 radical (unpaired) electrons. The zero-order chi connectivity index (χ0) is 27.6. The zero-order valence-electron chi connectivity index (χ0n) is 22.4. The van der Waals surface area contributed by atoms with Gasteiger partial charge in [-0.25, -0.2) is 4.79 Å². The Hall–Kier alpha value is -4.04. The fourth-order valence-corrected chi connectivity index (χ4v) is 6.28. The molecule has 3 atom stereocenters. The van der Waals surface area contributed by atoms with Crippen LogP contribution in [0, 0.1) is 10.1 Å². The smallest absolute Gasteiger partial charge is 0.293 e. The number of piperidine rings is 1. The molecular weight excluding hydrogens is 492 g/mol. The van der Waals surface area contributed by atoms with Gasteiger partial charge in [-0.2, -0.15) is 0 Å². The maximum atomic E-state index is 14.4. The molecule has 39 heavy (non-hydrogen) atoms. The van der Waals surface area contributed by atoms with Crippen LogP contribution in [0.25, 0.3) is 0 Å². The molecule has 0 aromatic heterocycles. The van der Waals surface area contributed by atoms with E-state index in [9.17, 15) is 19.7 Å². The first-order valence-electron chi connectivity index (χ1n) is 13.6. The van der Waals surface area contributed by atoms with Gasteiger partial charge in [0.1, 0.15) is 5.54 Å². The SMILES string of the molecule is CC[C@@H]1CC2(C[C@H](CC)N1Cc1ccccc1)C(=O)N(Cc1ccc([N+](=O)[O-])cc1)C(=O)N2c1ccccc1. The minimum Gasteiger partial charge on any atom is -0.293 e. The Bertz CT molecular complexity index is 1320. The molecule has 0 bridgehead atoms. The number of imide groups is 1. The fraction of sp³-hybridized carbons (Fsp3) is 0.355. The second kappa shape index (κ2) is 11.0. The lowest BCUT2D eigenvalue weighted by Crippen LogP contribution is -2.63. The Balaban J connectivity index is 1.52. The number of hydrogen-bond donors (Lipinski definition) is 0. The van der Waals surface area contributed by atoms with Crippen molar-refractivity contribution in [1.29, 1.82) is 0 Å². The van der Waals surface area contributed by atoms with Crippen LogP contribution >= 0.6 is 0 Å². The topological polar surface area (TPSA) is 87.0 Å². The van der Waals surface area contributed by atoms with Crippen molar-refractivity contribution in [2.45, 2.75) is 70.2 Å². The van der Waals surface area contributed by atoms with Gasteiger partial charge >= 0.3 is 6.03 Å². The Morgan fingerprint density at radius 3 is 1.87 bits per heavy atom. The minimum absolute atomic E-state index is 0.0254. The van der Waals surface area contributed by atoms with E-state index >= 15 is 0 Å². The molecule has 0 aliphatic carbocycles. The fourth-order valence-electron chi connectivity index (χ4n) is 6.28. The van der Waals surface area contributed by atoms with Crippen molar-refractivity contribution in [2.75, 3.05) is 4.90 Å². The maximum Gasteiger partial charge on any atom is 0.332 e. The van der Waals surface area contributed by atoms with Crippen molar-refractivity contribution in [3.8, 4) is 0 Å². The summed E-state index contributed by atoms with van der Waals surface area (Å²) in [5, 5.41) is 11.1. The molecule has 3 aromatic rings. The average molecular weight is 527 g/mol. The second-order valence-electron chi connectivity index (χ2n) is 10.5. The van der Waals surface area contributed by atoms with Crippen molar-refractivity contribution in [1.82, 2.24) is 9.80 Å². The first-order valence-corrected chi connectivity index (χ1v) is 13.6. The Morgan fingerprint density at radius 2 is 1.33 bits per heavy atom. The third kappa shape index (κ3) is 4.92. The number of carbonyl (C=O) groups is 2. The number of non-ortho nitro benzene ring substituents is 1. The van der Waals surface area contributed by atoms with E-state index in [1.165, 1.54) is 22.6 Å². The van der Waals surface area contributed by atoms with Gasteiger partial charge in [-0.3, -0.25) is 29.6 Å². The first-order chi connectivity index (χ1) is 18.9. The van der Waals surface area contributed by atoms with E-state index in [1.54, 1.807) is 17.0 Å². The Kier molecular flexibility index (Phi) is 7.48. The van der Waals surface area contributed by atoms with E-state index in [-0.39, 0.29) is 36.3 Å². The lowest BCUT2D eigenvalue weighted by molar-refractivity contribution is -0.384. The number of nitro benzene ring substituents is 1. The van der Waals surface area contributed by atoms with Crippen molar-refractivity contribution in [3.05, 3.63) is 106 Å². The molecule has 2 saturated heterocycles. The molecule has 5 rings (SSSR count). The molecule has 3 aromatic carbocycles. The van der Waals surface area contributed by atoms with E-state index in [1.807, 2.05) is 36.4 Å². The van der Waals surface area contributed by atoms with E-state index in [0.717, 1.165) is 19.4 Å². The molecule has 2 aliphatic heterocycles. The number of rotatable bonds is 8. The lowest BCUT2D eigenvalue weighted by atomic mass is 9.76. The summed E-state index contributed by atoms with van der Waals surface area (Å²) in [4.78, 5) is 44.6. The van der Waals surface area contributed by atoms with Gasteiger partial charge in [0.2, 0.25) is 0 Å². The molecule has 8 heteroatoms. The zero-order valence-corrected chi connectivity index (χ0v) is 22.4. The molecule has 0 saturated carbocycles. The van der Waals surface area contributed by atoms with E-state index in [4.69, 9.17) is 0 Å². The van der Waals surface area contributed by atoms with Crippen LogP contribution in [-0.4, -0.2) is 44.3 Å². The predicted molar refractivity (Wildman–Crippen MR) is 150 cm³/mol. The highest BCUT2D eigenvalue weighted by Crippen LogP contribution is 2.46. The third-order valence-electron chi connectivity index (χ3n) is 8.23. The molecule has 1 spiro atoms. The van der Waals surface area contributed by atoms with Gasteiger partial charge in [0.25, 0.3) is 11.6 Å². The number of anilines is 1. The van der Waals surface area contributed by atoms with Crippen LogP contribution in [0.5, 0.6) is 0 Å². The summed E-state index contributed by atoms with van der Waals surface area (Å²) in [5.74, 6) is -0.189. The molecule has 3 amide bonds. The van der Waals surface area contributed by atoms with Gasteiger partial charge < -0.3 is 0 Å². The Labute approximate surface area is 229 Å². The molecule has 202 valence electrons. The minimum atomic E-state index is -0.992. The van der Waals surface area contributed by atoms with Crippen LogP contribution in [0.3, 0.4) is 0 Å². The van der Waals surface area contributed by atoms with E-state index in [2.05, 4.69) is 43.0 Å². The molecule has 1 unspecified atom stereocenters. The van der Waals surface area contributed by atoms with Crippen molar-refractivity contribution < 1.29 is 14.5 Å². The van der Waals surface area contributed by atoms with Crippen molar-refractivity contribution >= 4 is 23.3 Å². The molecule has 8 nitrogen and oxygen atoms in total. The summed E-state index contributed by atoms with van der Waals surface area (Å²) in [7, 11) is 0. The summed E-state index contributed by atoms with van der Waals surface area (Å²) in [5.41, 5.74) is 1.60. The van der Waals surface area contributed by atoms with Gasteiger partial charge in [-0.15, -0.1) is 0 Å². The molecule has 2 heterocycles. The summed E-state index contributed by atoms with van der Waals surface area (Å²) in [6.07, 6.45) is 2.81. The summed E-state index contributed by atoms with van der Waals surface area (Å²) in [6.45, 7) is 5.17. The van der Waals surface area contributed by atoms with Gasteiger partial charge in [-0.1, -0.05) is 74.5 Å². The molecule has 2 aliphatic rings. The van der Waals surface area contributed by atoms with Crippen LogP contribution in [0.1, 0.15) is 50.7 Å². The highest BCUT2D eigenvalue weighted by molar-refractivity contribution is 6.17. The summed E-state index contributed by atoms with van der Waals surface area (Å²) < 4.78 is 0. The number of nitro groups is 1. The number of urea groups is 1. The number of likely N-dealkylation sites (tertiary alicyclic amines) is 1. The number of para-hydroxylation sites is 1. The number of amides is 3. The normalized spacial score (nSPS) is 23.5. The van der Waals surface area contributed by atoms with Crippen molar-refractivity contribution in [3.63, 3.8) is 0 Å². The number of nitrogens with zero attached hydrogens (tertiary/aromatic N) is 4. The van der Waals surface area contributed by atoms with Crippen LogP contribution in [0.4, 0.5) is 16.2 Å². The van der Waals surface area contributed by atoms with E-state index < -0.39 is 10.5 Å². The van der Waals surface area contributed by atoms with Gasteiger partial charge in [-0.05, 0) is 48.9 Å². The van der Waals surface area contributed by atoms with Crippen LogP contribution in [-0.2, 0) is 17.9 Å². The highest BCUT2D eigenvalue weighted by Gasteiger charge is 2.61. The quantitative estimate of drug-likeness (QED) is 0.199. The average Bonchev–Trinajstić information content (AvgIpc) is 3.15. The van der Waals surface area contributed by atoms with Crippen molar-refractivity contribution in [2.24, 2.45) is 0 Å². The maximum absolute atomic E-state index is 14.4. The molecule has 0 N–H and O–H groups in total. The summed E-state index contributed by atoms with van der Waals surface area (Å²) in [6, 6.07) is 25.8. The van der Waals surface area contributed by atoms with Gasteiger partial charge in [0.05, 0.1) is 11.5 Å².